The molecule has 2 N–H and O–H groups in total. The summed E-state index contributed by atoms with van der Waals surface area (Å²) >= 11 is 0. The summed E-state index contributed by atoms with van der Waals surface area (Å²) in [5.41, 5.74) is 1.84. The Bertz CT molecular complexity index is 1220. The Morgan fingerprint density at radius 3 is 2.15 bits per heavy atom. The Labute approximate surface area is 188 Å². The molecule has 1 unspecified atom stereocenters. The average molecular weight is 445 g/mol. The van der Waals surface area contributed by atoms with Crippen molar-refractivity contribution in [3.63, 3.8) is 0 Å². The van der Waals surface area contributed by atoms with E-state index in [2.05, 4.69) is 5.32 Å². The molecule has 0 aliphatic carbocycles. The fraction of sp³-hybridized carbons (Fsp3) is 0.125. The lowest BCUT2D eigenvalue weighted by molar-refractivity contribution is -0.384. The highest BCUT2D eigenvalue weighted by molar-refractivity contribution is 6.23. The predicted molar refractivity (Wildman–Crippen MR) is 119 cm³/mol. The van der Waals surface area contributed by atoms with E-state index in [4.69, 9.17) is 0 Å². The molecule has 0 fully saturated rings. The minimum Gasteiger partial charge on any atom is -0.392 e. The van der Waals surface area contributed by atoms with Crippen LogP contribution >= 0.6 is 0 Å². The van der Waals surface area contributed by atoms with E-state index in [-0.39, 0.29) is 29.8 Å². The predicted octanol–water partition coefficient (Wildman–Crippen LogP) is 2.93. The number of aliphatic hydroxyl groups is 1. The highest BCUT2D eigenvalue weighted by Crippen LogP contribution is 2.27. The number of nitro benzene ring substituents is 1. The first-order valence-electron chi connectivity index (χ1n) is 10.1. The standard InChI is InChI=1S/C24H19N3O6/c28-14-16-4-3-5-17(12-16)25-22(29)21(13-15-8-10-18(11-9-15)27(32)33)26-23(30)19-6-1-2-7-20(19)24(26)31/h1-12,21,28H,13-14H2,(H,25,29). The molecule has 0 bridgehead atoms. The van der Waals surface area contributed by atoms with Gasteiger partial charge in [0.15, 0.2) is 0 Å². The fourth-order valence-corrected chi connectivity index (χ4v) is 3.74. The molecular weight excluding hydrogens is 426 g/mol. The molecule has 9 nitrogen and oxygen atoms in total. The maximum atomic E-state index is 13.3. The lowest BCUT2D eigenvalue weighted by Crippen LogP contribution is -2.48. The molecule has 0 spiro atoms. The number of nitrogens with zero attached hydrogens (tertiary/aromatic N) is 2. The molecule has 0 radical (unpaired) electrons. The molecule has 0 saturated heterocycles. The summed E-state index contributed by atoms with van der Waals surface area (Å²) in [6.07, 6.45) is -0.0328. The van der Waals surface area contributed by atoms with Crippen molar-refractivity contribution in [2.24, 2.45) is 0 Å². The zero-order valence-corrected chi connectivity index (χ0v) is 17.3. The van der Waals surface area contributed by atoms with Crippen LogP contribution in [0.3, 0.4) is 0 Å². The Kier molecular flexibility index (Phi) is 5.97. The van der Waals surface area contributed by atoms with E-state index in [0.717, 1.165) is 4.90 Å². The van der Waals surface area contributed by atoms with Gasteiger partial charge >= 0.3 is 0 Å². The van der Waals surface area contributed by atoms with Gasteiger partial charge in [0.1, 0.15) is 6.04 Å². The molecule has 166 valence electrons. The lowest BCUT2D eigenvalue weighted by atomic mass is 10.0. The van der Waals surface area contributed by atoms with Crippen LogP contribution in [0, 0.1) is 10.1 Å². The van der Waals surface area contributed by atoms with Crippen molar-refractivity contribution in [1.29, 1.82) is 0 Å². The second-order valence-electron chi connectivity index (χ2n) is 7.52. The Balaban J connectivity index is 1.67. The van der Waals surface area contributed by atoms with E-state index in [1.807, 2.05) is 0 Å². The molecule has 33 heavy (non-hydrogen) atoms. The summed E-state index contributed by atoms with van der Waals surface area (Å²) in [7, 11) is 0. The third-order valence-corrected chi connectivity index (χ3v) is 5.39. The topological polar surface area (TPSA) is 130 Å². The monoisotopic (exact) mass is 445 g/mol. The Morgan fingerprint density at radius 1 is 0.939 bits per heavy atom. The molecule has 3 aromatic rings. The number of non-ortho nitro benzene ring substituents is 1. The molecule has 0 aromatic heterocycles. The number of hydrogen-bond donors (Lipinski definition) is 2. The van der Waals surface area contributed by atoms with Crippen molar-refractivity contribution in [1.82, 2.24) is 4.90 Å². The fourth-order valence-electron chi connectivity index (χ4n) is 3.74. The van der Waals surface area contributed by atoms with Crippen LogP contribution in [0.15, 0.2) is 72.8 Å². The smallest absolute Gasteiger partial charge is 0.269 e. The van der Waals surface area contributed by atoms with E-state index in [1.54, 1.807) is 36.4 Å². The van der Waals surface area contributed by atoms with Gasteiger partial charge in [0.05, 0.1) is 22.7 Å². The van der Waals surface area contributed by atoms with E-state index < -0.39 is 28.7 Å². The third kappa shape index (κ3) is 4.35. The van der Waals surface area contributed by atoms with Gasteiger partial charge in [-0.3, -0.25) is 29.4 Å². The number of carbonyl (C=O) groups excluding carboxylic acids is 3. The van der Waals surface area contributed by atoms with E-state index in [0.29, 0.717) is 16.8 Å². The number of fused-ring (bicyclic) bond motifs is 1. The number of nitro groups is 1. The molecule has 0 saturated carbocycles. The summed E-state index contributed by atoms with van der Waals surface area (Å²) in [4.78, 5) is 50.7. The first-order valence-corrected chi connectivity index (χ1v) is 10.1. The number of nitrogens with one attached hydrogen (secondary N) is 1. The number of carbonyl (C=O) groups is 3. The summed E-state index contributed by atoms with van der Waals surface area (Å²) in [6.45, 7) is -0.214. The largest absolute Gasteiger partial charge is 0.392 e. The second kappa shape index (κ2) is 9.01. The maximum Gasteiger partial charge on any atom is 0.269 e. The summed E-state index contributed by atoms with van der Waals surface area (Å²) in [6, 6.07) is 17.3. The second-order valence-corrected chi connectivity index (χ2v) is 7.52. The van der Waals surface area contributed by atoms with Crippen LogP contribution in [0.25, 0.3) is 0 Å². The van der Waals surface area contributed by atoms with Crippen LogP contribution in [0.2, 0.25) is 0 Å². The first-order chi connectivity index (χ1) is 15.9. The van der Waals surface area contributed by atoms with Crippen molar-refractivity contribution in [3.05, 3.63) is 105 Å². The van der Waals surface area contributed by atoms with Gasteiger partial charge in [0, 0.05) is 24.2 Å². The highest BCUT2D eigenvalue weighted by Gasteiger charge is 2.42. The zero-order valence-electron chi connectivity index (χ0n) is 17.3. The highest BCUT2D eigenvalue weighted by atomic mass is 16.6. The van der Waals surface area contributed by atoms with Crippen molar-refractivity contribution < 1.29 is 24.4 Å². The van der Waals surface area contributed by atoms with Gasteiger partial charge in [0.2, 0.25) is 5.91 Å². The Morgan fingerprint density at radius 2 is 1.58 bits per heavy atom. The van der Waals surface area contributed by atoms with Crippen molar-refractivity contribution in [2.75, 3.05) is 5.32 Å². The van der Waals surface area contributed by atoms with Gasteiger partial charge in [-0.2, -0.15) is 0 Å². The average Bonchev–Trinajstić information content (AvgIpc) is 3.08. The lowest BCUT2D eigenvalue weighted by Gasteiger charge is -2.25. The number of hydrogen-bond acceptors (Lipinski definition) is 6. The molecular formula is C24H19N3O6. The SMILES string of the molecule is O=C(Nc1cccc(CO)c1)C(Cc1ccc([N+](=O)[O-])cc1)N1C(=O)c2ccccc2C1=O. The number of imide groups is 1. The van der Waals surface area contributed by atoms with E-state index in [1.165, 1.54) is 36.4 Å². The van der Waals surface area contributed by atoms with E-state index >= 15 is 0 Å². The van der Waals surface area contributed by atoms with Crippen LogP contribution in [-0.4, -0.2) is 38.7 Å². The number of benzene rings is 3. The van der Waals surface area contributed by atoms with Crippen LogP contribution in [0.4, 0.5) is 11.4 Å². The van der Waals surface area contributed by atoms with Gasteiger partial charge in [-0.15, -0.1) is 0 Å². The van der Waals surface area contributed by atoms with E-state index in [9.17, 15) is 29.6 Å². The maximum absolute atomic E-state index is 13.3. The summed E-state index contributed by atoms with van der Waals surface area (Å²) in [5.74, 6) is -1.76. The molecule has 1 atom stereocenters. The van der Waals surface area contributed by atoms with Crippen LogP contribution in [-0.2, 0) is 17.8 Å². The number of anilines is 1. The molecule has 1 heterocycles. The van der Waals surface area contributed by atoms with Crippen molar-refractivity contribution in [3.8, 4) is 0 Å². The minimum atomic E-state index is -1.20. The van der Waals surface area contributed by atoms with Crippen LogP contribution in [0.5, 0.6) is 0 Å². The molecule has 3 aromatic carbocycles. The first kappa shape index (κ1) is 21.8. The molecule has 4 rings (SSSR count). The normalized spacial score (nSPS) is 13.5. The third-order valence-electron chi connectivity index (χ3n) is 5.39. The van der Waals surface area contributed by atoms with Crippen molar-refractivity contribution in [2.45, 2.75) is 19.1 Å². The quantitative estimate of drug-likeness (QED) is 0.327. The number of aliphatic hydroxyl groups excluding tert-OH is 1. The van der Waals surface area contributed by atoms with Gasteiger partial charge in [0.25, 0.3) is 17.5 Å². The molecule has 1 aliphatic rings. The van der Waals surface area contributed by atoms with Gasteiger partial charge in [-0.1, -0.05) is 36.4 Å². The van der Waals surface area contributed by atoms with Gasteiger partial charge < -0.3 is 10.4 Å². The number of rotatable bonds is 7. The van der Waals surface area contributed by atoms with Crippen LogP contribution < -0.4 is 5.32 Å². The van der Waals surface area contributed by atoms with Gasteiger partial charge in [-0.25, -0.2) is 0 Å². The minimum absolute atomic E-state index is 0.0328. The van der Waals surface area contributed by atoms with Gasteiger partial charge in [-0.05, 0) is 35.4 Å². The number of amides is 3. The Hall–Kier alpha value is -4.37. The molecule has 1 aliphatic heterocycles. The van der Waals surface area contributed by atoms with Crippen LogP contribution in [0.1, 0.15) is 31.8 Å². The summed E-state index contributed by atoms with van der Waals surface area (Å²) in [5, 5.41) is 23.0. The molecule has 9 heteroatoms. The summed E-state index contributed by atoms with van der Waals surface area (Å²) < 4.78 is 0. The van der Waals surface area contributed by atoms with Crippen molar-refractivity contribution >= 4 is 29.1 Å². The molecule has 3 amide bonds. The zero-order chi connectivity index (χ0) is 23.5.